The van der Waals surface area contributed by atoms with Crippen molar-refractivity contribution in [3.63, 3.8) is 0 Å². The number of ether oxygens (including phenoxy) is 1. The number of pyridine rings is 1. The maximum absolute atomic E-state index is 13.1. The molecule has 0 saturated heterocycles. The number of aromatic nitrogens is 3. The second-order valence-electron chi connectivity index (χ2n) is 7.83. The maximum Gasteiger partial charge on any atom is 0.501 e. The summed E-state index contributed by atoms with van der Waals surface area (Å²) in [5.74, 6) is -0.0896. The van der Waals surface area contributed by atoms with E-state index in [0.717, 1.165) is 34.4 Å². The monoisotopic (exact) mass is 519 g/mol. The fourth-order valence-electron chi connectivity index (χ4n) is 3.51. The van der Waals surface area contributed by atoms with Crippen molar-refractivity contribution in [2.75, 3.05) is 0 Å². The Balaban J connectivity index is 1.59. The Bertz CT molecular complexity index is 1540. The summed E-state index contributed by atoms with van der Waals surface area (Å²) < 4.78 is 69.4. The molecule has 188 valence electrons. The van der Waals surface area contributed by atoms with E-state index in [9.17, 15) is 31.5 Å². The van der Waals surface area contributed by atoms with Crippen LogP contribution in [0, 0.1) is 6.92 Å². The first-order valence-corrected chi connectivity index (χ1v) is 12.0. The first-order valence-electron chi connectivity index (χ1n) is 10.5. The molecule has 2 aromatic carbocycles. The van der Waals surface area contributed by atoms with Crippen LogP contribution < -0.4 is 10.4 Å². The Hall–Kier alpha value is -4.06. The Morgan fingerprint density at radius 2 is 1.67 bits per heavy atom. The van der Waals surface area contributed by atoms with Crippen molar-refractivity contribution in [3.05, 3.63) is 100 Å². The van der Waals surface area contributed by atoms with E-state index in [2.05, 4.69) is 4.98 Å². The van der Waals surface area contributed by atoms with Gasteiger partial charge in [-0.05, 0) is 48.4 Å². The molecule has 0 aliphatic heterocycles. The van der Waals surface area contributed by atoms with Crippen LogP contribution in [0.3, 0.4) is 0 Å². The zero-order valence-corrected chi connectivity index (χ0v) is 19.6. The highest BCUT2D eigenvalue weighted by molar-refractivity contribution is 7.92. The van der Waals surface area contributed by atoms with Gasteiger partial charge in [0, 0.05) is 12.3 Å². The standard InChI is InChI=1S/C24H20F3N3O5S/c1-16-22(31)30(19-7-9-20(10-8-19)36(33,34)24(25,26)27)23(32)29(16)14-18-11-12-28-21(13-18)35-15-17-5-3-2-4-6-17/h2-13,31H,14-15H2,1H3. The Morgan fingerprint density at radius 3 is 2.31 bits per heavy atom. The summed E-state index contributed by atoms with van der Waals surface area (Å²) in [7, 11) is -5.54. The number of imidazole rings is 1. The van der Waals surface area contributed by atoms with Crippen molar-refractivity contribution in [1.29, 1.82) is 0 Å². The summed E-state index contributed by atoms with van der Waals surface area (Å²) in [4.78, 5) is 16.3. The molecule has 0 amide bonds. The lowest BCUT2D eigenvalue weighted by atomic mass is 10.2. The van der Waals surface area contributed by atoms with Crippen LogP contribution in [0.2, 0.25) is 0 Å². The van der Waals surface area contributed by atoms with Crippen LogP contribution in [-0.2, 0) is 23.0 Å². The van der Waals surface area contributed by atoms with E-state index in [-0.39, 0.29) is 17.9 Å². The molecule has 36 heavy (non-hydrogen) atoms. The van der Waals surface area contributed by atoms with E-state index in [4.69, 9.17) is 4.74 Å². The molecule has 0 radical (unpaired) electrons. The topological polar surface area (TPSA) is 103 Å². The van der Waals surface area contributed by atoms with Gasteiger partial charge in [-0.2, -0.15) is 13.2 Å². The van der Waals surface area contributed by atoms with Gasteiger partial charge in [0.05, 0.1) is 22.8 Å². The molecule has 2 aromatic heterocycles. The van der Waals surface area contributed by atoms with Crippen LogP contribution in [0.25, 0.3) is 5.69 Å². The van der Waals surface area contributed by atoms with Crippen molar-refractivity contribution in [2.24, 2.45) is 0 Å². The van der Waals surface area contributed by atoms with Gasteiger partial charge in [0.15, 0.2) is 0 Å². The van der Waals surface area contributed by atoms with Crippen molar-refractivity contribution < 1.29 is 31.4 Å². The van der Waals surface area contributed by atoms with Crippen LogP contribution in [0.4, 0.5) is 13.2 Å². The molecular weight excluding hydrogens is 499 g/mol. The lowest BCUT2D eigenvalue weighted by Gasteiger charge is -2.09. The molecule has 1 N–H and O–H groups in total. The molecule has 0 atom stereocenters. The zero-order valence-electron chi connectivity index (χ0n) is 18.8. The number of hydrogen-bond acceptors (Lipinski definition) is 6. The maximum atomic E-state index is 13.1. The summed E-state index contributed by atoms with van der Waals surface area (Å²) in [5.41, 5.74) is -4.31. The molecule has 0 saturated carbocycles. The summed E-state index contributed by atoms with van der Waals surface area (Å²) in [6.07, 6.45) is 1.52. The van der Waals surface area contributed by atoms with Crippen molar-refractivity contribution in [3.8, 4) is 17.4 Å². The highest BCUT2D eigenvalue weighted by Gasteiger charge is 2.46. The van der Waals surface area contributed by atoms with Crippen LogP contribution in [0.1, 0.15) is 16.8 Å². The van der Waals surface area contributed by atoms with Gasteiger partial charge < -0.3 is 9.84 Å². The van der Waals surface area contributed by atoms with Gasteiger partial charge in [0.25, 0.3) is 9.84 Å². The van der Waals surface area contributed by atoms with E-state index >= 15 is 0 Å². The Kier molecular flexibility index (Phi) is 6.63. The average Bonchev–Trinajstić information content (AvgIpc) is 3.06. The summed E-state index contributed by atoms with van der Waals surface area (Å²) in [5, 5.41) is 10.6. The molecule has 8 nitrogen and oxygen atoms in total. The molecule has 0 fully saturated rings. The van der Waals surface area contributed by atoms with Gasteiger partial charge in [-0.1, -0.05) is 30.3 Å². The third kappa shape index (κ3) is 4.85. The van der Waals surface area contributed by atoms with Gasteiger partial charge in [-0.25, -0.2) is 22.8 Å². The Morgan fingerprint density at radius 1 is 1.00 bits per heavy atom. The minimum atomic E-state index is -5.54. The molecule has 0 spiro atoms. The minimum absolute atomic E-state index is 0.00193. The summed E-state index contributed by atoms with van der Waals surface area (Å²) in [6, 6.07) is 16.3. The number of aromatic hydroxyl groups is 1. The van der Waals surface area contributed by atoms with E-state index in [1.807, 2.05) is 30.3 Å². The first-order chi connectivity index (χ1) is 17.0. The lowest BCUT2D eigenvalue weighted by Crippen LogP contribution is -2.25. The molecule has 4 rings (SSSR count). The number of sulfone groups is 1. The third-order valence-electron chi connectivity index (χ3n) is 5.44. The minimum Gasteiger partial charge on any atom is -0.493 e. The van der Waals surface area contributed by atoms with E-state index in [1.165, 1.54) is 17.7 Å². The van der Waals surface area contributed by atoms with Gasteiger partial charge >= 0.3 is 11.2 Å². The predicted octanol–water partition coefficient (Wildman–Crippen LogP) is 3.97. The highest BCUT2D eigenvalue weighted by Crippen LogP contribution is 2.31. The molecule has 2 heterocycles. The number of alkyl halides is 3. The number of hydrogen-bond donors (Lipinski definition) is 1. The smallest absolute Gasteiger partial charge is 0.493 e. The Labute approximate surface area is 203 Å². The van der Waals surface area contributed by atoms with Crippen LogP contribution in [0.5, 0.6) is 11.8 Å². The van der Waals surface area contributed by atoms with Crippen LogP contribution in [0.15, 0.2) is 82.6 Å². The molecule has 12 heteroatoms. The zero-order chi connectivity index (χ0) is 26.1. The average molecular weight is 520 g/mol. The van der Waals surface area contributed by atoms with Gasteiger partial charge in [-0.15, -0.1) is 0 Å². The SMILES string of the molecule is Cc1c(O)n(-c2ccc(S(=O)(=O)C(F)(F)F)cc2)c(=O)n1Cc1ccnc(OCc2ccccc2)c1. The first kappa shape index (κ1) is 25.0. The second-order valence-corrected chi connectivity index (χ2v) is 9.77. The second kappa shape index (κ2) is 9.53. The molecular formula is C24H20F3N3O5S. The number of halogens is 3. The number of benzene rings is 2. The number of nitrogens with zero attached hydrogens (tertiary/aromatic N) is 3. The van der Waals surface area contributed by atoms with Crippen LogP contribution in [-0.4, -0.2) is 33.2 Å². The normalized spacial score (nSPS) is 12.0. The van der Waals surface area contributed by atoms with Crippen molar-refractivity contribution >= 4 is 9.84 Å². The molecule has 0 bridgehead atoms. The molecule has 4 aromatic rings. The highest BCUT2D eigenvalue weighted by atomic mass is 32.2. The molecule has 0 aliphatic carbocycles. The third-order valence-corrected chi connectivity index (χ3v) is 6.94. The van der Waals surface area contributed by atoms with E-state index < -0.39 is 31.8 Å². The fraction of sp³-hybridized carbons (Fsp3) is 0.167. The van der Waals surface area contributed by atoms with Gasteiger partial charge in [-0.3, -0.25) is 4.57 Å². The van der Waals surface area contributed by atoms with E-state index in [0.29, 0.717) is 18.1 Å². The van der Waals surface area contributed by atoms with Crippen molar-refractivity contribution in [1.82, 2.24) is 14.1 Å². The largest absolute Gasteiger partial charge is 0.501 e. The number of rotatable bonds is 7. The fourth-order valence-corrected chi connectivity index (χ4v) is 4.27. The summed E-state index contributed by atoms with van der Waals surface area (Å²) in [6.45, 7) is 1.85. The van der Waals surface area contributed by atoms with Crippen LogP contribution >= 0.6 is 0 Å². The quantitative estimate of drug-likeness (QED) is 0.396. The van der Waals surface area contributed by atoms with Gasteiger partial charge in [0.2, 0.25) is 11.8 Å². The lowest BCUT2D eigenvalue weighted by molar-refractivity contribution is -0.0436. The molecule has 0 aliphatic rings. The van der Waals surface area contributed by atoms with E-state index in [1.54, 1.807) is 12.1 Å². The predicted molar refractivity (Wildman–Crippen MR) is 124 cm³/mol. The van der Waals surface area contributed by atoms with Crippen molar-refractivity contribution in [2.45, 2.75) is 30.5 Å². The summed E-state index contributed by atoms with van der Waals surface area (Å²) >= 11 is 0. The van der Waals surface area contributed by atoms with Gasteiger partial charge in [0.1, 0.15) is 6.61 Å². The molecule has 0 unspecified atom stereocenters.